The Kier molecular flexibility index (Phi) is 8.01. The lowest BCUT2D eigenvalue weighted by Gasteiger charge is -2.35. The third-order valence-electron chi connectivity index (χ3n) is 8.04. The standard InChI is InChI=1S/C30H29ClF3N3O5/c31-26-19(32)11-22-17(12-30(42-22,23-7-4-8-35-23)16-5-2-1-3-6-16)24(26)25-18(13-36-29(27(25)34)41-10-9-38)28(39)37-21-15-40-14-20(21)33/h1-3,5-6,11,13,20-21,23,35,38H,4,7-10,12,14-15H2,(H,37,39)/t20-,21-,23+,30+/m1/s1. The Hall–Kier alpha value is -3.38. The predicted octanol–water partition coefficient (Wildman–Crippen LogP) is 4.10. The molecule has 6 rings (SSSR count). The van der Waals surface area contributed by atoms with E-state index in [0.29, 0.717) is 5.56 Å². The van der Waals surface area contributed by atoms with Gasteiger partial charge < -0.3 is 30.0 Å². The molecule has 0 bridgehead atoms. The summed E-state index contributed by atoms with van der Waals surface area (Å²) in [4.78, 5) is 17.4. The maximum atomic E-state index is 16.3. The minimum Gasteiger partial charge on any atom is -0.480 e. The van der Waals surface area contributed by atoms with E-state index >= 15 is 8.78 Å². The van der Waals surface area contributed by atoms with Gasteiger partial charge in [0.2, 0.25) is 0 Å². The summed E-state index contributed by atoms with van der Waals surface area (Å²) in [5, 5.41) is 14.8. The summed E-state index contributed by atoms with van der Waals surface area (Å²) >= 11 is 6.58. The third kappa shape index (κ3) is 4.98. The molecule has 3 aromatic rings. The Morgan fingerprint density at radius 2 is 2.05 bits per heavy atom. The van der Waals surface area contributed by atoms with Crippen molar-refractivity contribution < 1.29 is 37.3 Å². The number of nitrogens with zero attached hydrogens (tertiary/aromatic N) is 1. The summed E-state index contributed by atoms with van der Waals surface area (Å²) in [5.74, 6) is -3.15. The topological polar surface area (TPSA) is 102 Å². The van der Waals surface area contributed by atoms with Gasteiger partial charge >= 0.3 is 0 Å². The monoisotopic (exact) mass is 603 g/mol. The highest BCUT2D eigenvalue weighted by Crippen LogP contribution is 2.52. The summed E-state index contributed by atoms with van der Waals surface area (Å²) in [5.41, 5.74) is -0.458. The highest BCUT2D eigenvalue weighted by Gasteiger charge is 2.50. The lowest BCUT2D eigenvalue weighted by atomic mass is 9.80. The zero-order valence-electron chi connectivity index (χ0n) is 22.5. The van der Waals surface area contributed by atoms with E-state index in [1.165, 1.54) is 6.07 Å². The van der Waals surface area contributed by atoms with Crippen LogP contribution in [0.2, 0.25) is 5.02 Å². The number of aliphatic hydroxyl groups is 1. The second-order valence-electron chi connectivity index (χ2n) is 10.6. The maximum absolute atomic E-state index is 16.3. The zero-order chi connectivity index (χ0) is 29.4. The van der Waals surface area contributed by atoms with Crippen LogP contribution in [0.5, 0.6) is 11.6 Å². The largest absolute Gasteiger partial charge is 0.480 e. The molecule has 2 aromatic carbocycles. The third-order valence-corrected chi connectivity index (χ3v) is 8.41. The van der Waals surface area contributed by atoms with Gasteiger partial charge in [-0.2, -0.15) is 0 Å². The number of carbonyl (C=O) groups is 1. The van der Waals surface area contributed by atoms with Crippen molar-refractivity contribution in [1.82, 2.24) is 15.6 Å². The van der Waals surface area contributed by atoms with Gasteiger partial charge in [-0.25, -0.2) is 18.2 Å². The molecule has 2 fully saturated rings. The highest BCUT2D eigenvalue weighted by atomic mass is 35.5. The van der Waals surface area contributed by atoms with Crippen LogP contribution in [0.1, 0.15) is 34.3 Å². The summed E-state index contributed by atoms with van der Waals surface area (Å²) in [6.45, 7) is -0.170. The molecule has 0 spiro atoms. The number of pyridine rings is 1. The van der Waals surface area contributed by atoms with Crippen molar-refractivity contribution in [2.75, 3.05) is 33.0 Å². The van der Waals surface area contributed by atoms with E-state index in [9.17, 15) is 14.3 Å². The molecule has 1 amide bonds. The van der Waals surface area contributed by atoms with E-state index in [2.05, 4.69) is 15.6 Å². The van der Waals surface area contributed by atoms with Crippen molar-refractivity contribution >= 4 is 17.5 Å². The Bertz CT molecular complexity index is 1490. The zero-order valence-corrected chi connectivity index (χ0v) is 23.2. The molecule has 0 radical (unpaired) electrons. The molecule has 0 saturated carbocycles. The first-order valence-electron chi connectivity index (χ1n) is 13.8. The number of ether oxygens (including phenoxy) is 3. The number of alkyl halides is 1. The first-order valence-corrected chi connectivity index (χ1v) is 14.2. The normalized spacial score (nSPS) is 24.8. The molecule has 4 atom stereocenters. The van der Waals surface area contributed by atoms with Crippen molar-refractivity contribution in [2.45, 2.75) is 43.1 Å². The smallest absolute Gasteiger partial charge is 0.253 e. The molecule has 12 heteroatoms. The molecule has 3 N–H and O–H groups in total. The predicted molar refractivity (Wildman–Crippen MR) is 148 cm³/mol. The second kappa shape index (κ2) is 11.7. The van der Waals surface area contributed by atoms with Crippen LogP contribution >= 0.6 is 11.6 Å². The second-order valence-corrected chi connectivity index (χ2v) is 11.0. The molecule has 42 heavy (non-hydrogen) atoms. The fourth-order valence-electron chi connectivity index (χ4n) is 6.06. The van der Waals surface area contributed by atoms with E-state index in [4.69, 9.17) is 25.8 Å². The number of halogens is 4. The van der Waals surface area contributed by atoms with Crippen LogP contribution in [0, 0.1) is 11.6 Å². The fraction of sp³-hybridized carbons (Fsp3) is 0.400. The van der Waals surface area contributed by atoms with Crippen molar-refractivity contribution in [1.29, 1.82) is 0 Å². The number of benzene rings is 2. The number of amides is 1. The van der Waals surface area contributed by atoms with Crippen LogP contribution in [-0.2, 0) is 16.8 Å². The SMILES string of the molecule is O=C(N[C@@H]1COC[C@H]1F)c1cnc(OCCO)c(F)c1-c1c(Cl)c(F)cc2c1C[C@](c1ccccc1)([C@@H]1CCCN1)O2. The number of nitrogens with one attached hydrogen (secondary N) is 2. The van der Waals surface area contributed by atoms with Gasteiger partial charge in [-0.15, -0.1) is 0 Å². The van der Waals surface area contributed by atoms with E-state index in [-0.39, 0.29) is 54.7 Å². The Balaban J connectivity index is 1.52. The molecule has 222 valence electrons. The van der Waals surface area contributed by atoms with Crippen molar-refractivity contribution in [3.8, 4) is 22.8 Å². The molecule has 1 aromatic heterocycles. The van der Waals surface area contributed by atoms with Gasteiger partial charge in [0, 0.05) is 35.4 Å². The number of hydrogen-bond donors (Lipinski definition) is 3. The molecule has 4 heterocycles. The van der Waals surface area contributed by atoms with Crippen molar-refractivity contribution in [3.05, 3.63) is 75.9 Å². The number of fused-ring (bicyclic) bond motifs is 1. The Morgan fingerprint density at radius 3 is 2.74 bits per heavy atom. The number of aromatic nitrogens is 1. The van der Waals surface area contributed by atoms with Gasteiger partial charge in [-0.1, -0.05) is 41.9 Å². The summed E-state index contributed by atoms with van der Waals surface area (Å²) in [7, 11) is 0. The minimum atomic E-state index is -1.46. The number of carbonyl (C=O) groups excluding carboxylic acids is 1. The van der Waals surface area contributed by atoms with Crippen molar-refractivity contribution in [3.63, 3.8) is 0 Å². The van der Waals surface area contributed by atoms with E-state index in [1.54, 1.807) is 0 Å². The van der Waals surface area contributed by atoms with Gasteiger partial charge in [0.1, 0.15) is 24.3 Å². The van der Waals surface area contributed by atoms with Gasteiger partial charge in [-0.3, -0.25) is 4.79 Å². The molecule has 0 unspecified atom stereocenters. The Morgan fingerprint density at radius 1 is 1.24 bits per heavy atom. The summed E-state index contributed by atoms with van der Waals surface area (Å²) in [6, 6.07) is 9.56. The average Bonchev–Trinajstić information content (AvgIpc) is 3.75. The Labute approximate surface area is 245 Å². The number of hydrogen-bond acceptors (Lipinski definition) is 7. The van der Waals surface area contributed by atoms with Crippen LogP contribution in [0.3, 0.4) is 0 Å². The average molecular weight is 604 g/mol. The van der Waals surface area contributed by atoms with Gasteiger partial charge in [0.25, 0.3) is 11.8 Å². The minimum absolute atomic E-state index is 0.0617. The molecular formula is C30H29ClF3N3O5. The van der Waals surface area contributed by atoms with Crippen LogP contribution in [0.25, 0.3) is 11.1 Å². The first kappa shape index (κ1) is 28.7. The molecule has 2 saturated heterocycles. The van der Waals surface area contributed by atoms with E-state index in [1.807, 2.05) is 30.3 Å². The molecule has 3 aliphatic rings. The summed E-state index contributed by atoms with van der Waals surface area (Å²) in [6.07, 6.45) is 1.51. The van der Waals surface area contributed by atoms with Crippen LogP contribution in [0.15, 0.2) is 42.6 Å². The molecule has 8 nitrogen and oxygen atoms in total. The highest BCUT2D eigenvalue weighted by molar-refractivity contribution is 6.34. The first-order chi connectivity index (χ1) is 20.3. The van der Waals surface area contributed by atoms with Crippen LogP contribution < -0.4 is 20.1 Å². The van der Waals surface area contributed by atoms with Gasteiger partial charge in [0.05, 0.1) is 42.5 Å². The van der Waals surface area contributed by atoms with Crippen LogP contribution in [-0.4, -0.2) is 67.2 Å². The molecule has 0 aliphatic carbocycles. The molecule has 3 aliphatic heterocycles. The van der Waals surface area contributed by atoms with Gasteiger partial charge in [0.15, 0.2) is 11.4 Å². The lowest BCUT2D eigenvalue weighted by Crippen LogP contribution is -2.48. The summed E-state index contributed by atoms with van der Waals surface area (Å²) < 4.78 is 63.1. The van der Waals surface area contributed by atoms with E-state index < -0.39 is 52.9 Å². The quantitative estimate of drug-likeness (QED) is 0.356. The van der Waals surface area contributed by atoms with Crippen molar-refractivity contribution in [2.24, 2.45) is 0 Å². The molecular weight excluding hydrogens is 575 g/mol. The van der Waals surface area contributed by atoms with Crippen LogP contribution in [0.4, 0.5) is 13.2 Å². The van der Waals surface area contributed by atoms with Gasteiger partial charge in [-0.05, 0) is 24.9 Å². The van der Waals surface area contributed by atoms with E-state index in [0.717, 1.165) is 31.1 Å². The number of rotatable bonds is 8. The number of aliphatic hydroxyl groups excluding tert-OH is 1. The lowest BCUT2D eigenvalue weighted by molar-refractivity contribution is 0.0539. The maximum Gasteiger partial charge on any atom is 0.253 e. The fourth-order valence-corrected chi connectivity index (χ4v) is 6.32.